The Labute approximate surface area is 174 Å². The van der Waals surface area contributed by atoms with Gasteiger partial charge >= 0.3 is 0 Å². The number of rotatable bonds is 2. The number of carbonyl (C=O) groups excluding carboxylic acids is 1. The number of Topliss-reactive ketones (excluding diaryl/α,β-unsaturated/α-hetero) is 1. The van der Waals surface area contributed by atoms with Crippen molar-refractivity contribution >= 4 is 23.0 Å². The second kappa shape index (κ2) is 6.82. The van der Waals surface area contributed by atoms with Gasteiger partial charge in [0.15, 0.2) is 11.4 Å². The lowest BCUT2D eigenvalue weighted by molar-refractivity contribution is 0.0962. The molecule has 5 rings (SSSR count). The van der Waals surface area contributed by atoms with E-state index in [-0.39, 0.29) is 11.7 Å². The fraction of sp³-hybridized carbons (Fsp3) is 0.208. The molecule has 1 aliphatic rings. The highest BCUT2D eigenvalue weighted by molar-refractivity contribution is 6.30. The van der Waals surface area contributed by atoms with Crippen molar-refractivity contribution < 1.29 is 4.79 Å². The highest BCUT2D eigenvalue weighted by atomic mass is 35.5. The molecule has 5 heteroatoms. The van der Waals surface area contributed by atoms with E-state index in [9.17, 15) is 4.79 Å². The van der Waals surface area contributed by atoms with Gasteiger partial charge in [-0.1, -0.05) is 48.0 Å². The first kappa shape index (κ1) is 18.1. The molecule has 0 aliphatic heterocycles. The lowest BCUT2D eigenvalue weighted by Gasteiger charge is -2.25. The molecule has 0 bridgehead atoms. The summed E-state index contributed by atoms with van der Waals surface area (Å²) in [6.07, 6.45) is 3.00. The first-order valence-electron chi connectivity index (χ1n) is 9.75. The molecule has 2 heterocycles. The van der Waals surface area contributed by atoms with E-state index in [1.807, 2.05) is 47.8 Å². The molecule has 0 N–H and O–H groups in total. The highest BCUT2D eigenvalue weighted by Gasteiger charge is 2.30. The molecule has 2 aromatic heterocycles. The largest absolute Gasteiger partial charge is 0.294 e. The van der Waals surface area contributed by atoms with E-state index in [0.717, 1.165) is 34.6 Å². The van der Waals surface area contributed by atoms with Crippen molar-refractivity contribution in [3.8, 4) is 11.1 Å². The molecule has 2 aromatic carbocycles. The summed E-state index contributed by atoms with van der Waals surface area (Å²) in [4.78, 5) is 17.6. The highest BCUT2D eigenvalue weighted by Crippen LogP contribution is 2.36. The number of benzene rings is 2. The van der Waals surface area contributed by atoms with Crippen LogP contribution in [0.5, 0.6) is 0 Å². The molecular formula is C24H20ClN3O. The topological polar surface area (TPSA) is 47.3 Å². The van der Waals surface area contributed by atoms with Gasteiger partial charge in [-0.2, -0.15) is 5.10 Å². The van der Waals surface area contributed by atoms with E-state index in [0.29, 0.717) is 17.0 Å². The Morgan fingerprint density at radius 3 is 2.55 bits per heavy atom. The molecule has 1 aliphatic carbocycles. The second-order valence-electron chi connectivity index (χ2n) is 7.71. The molecule has 0 amide bonds. The Kier molecular flexibility index (Phi) is 4.25. The molecule has 0 radical (unpaired) electrons. The zero-order valence-electron chi connectivity index (χ0n) is 16.3. The van der Waals surface area contributed by atoms with Crippen molar-refractivity contribution in [3.05, 3.63) is 87.8 Å². The second-order valence-corrected chi connectivity index (χ2v) is 8.14. The van der Waals surface area contributed by atoms with Crippen LogP contribution >= 0.6 is 11.6 Å². The molecule has 1 atom stereocenters. The van der Waals surface area contributed by atoms with E-state index in [1.54, 1.807) is 6.20 Å². The van der Waals surface area contributed by atoms with E-state index in [1.165, 1.54) is 11.1 Å². The van der Waals surface area contributed by atoms with Crippen molar-refractivity contribution in [2.24, 2.45) is 0 Å². The minimum absolute atomic E-state index is 0.134. The number of hydrogen-bond donors (Lipinski definition) is 0. The van der Waals surface area contributed by atoms with Crippen LogP contribution in [0.25, 0.3) is 16.8 Å². The number of halogens is 1. The summed E-state index contributed by atoms with van der Waals surface area (Å²) in [7, 11) is 0. The molecule has 29 heavy (non-hydrogen) atoms. The van der Waals surface area contributed by atoms with Crippen molar-refractivity contribution in [3.63, 3.8) is 0 Å². The average molecular weight is 402 g/mol. The quantitative estimate of drug-likeness (QED) is 0.440. The summed E-state index contributed by atoms with van der Waals surface area (Å²) in [5, 5.41) is 5.47. The number of aryl methyl sites for hydroxylation is 2. The molecule has 4 nitrogen and oxygen atoms in total. The predicted octanol–water partition coefficient (Wildman–Crippen LogP) is 5.58. The van der Waals surface area contributed by atoms with Crippen LogP contribution in [0.2, 0.25) is 5.02 Å². The lowest BCUT2D eigenvalue weighted by atomic mass is 9.80. The fourth-order valence-electron chi connectivity index (χ4n) is 4.42. The summed E-state index contributed by atoms with van der Waals surface area (Å²) in [5.74, 6) is 0.292. The molecule has 4 aromatic rings. The number of carbonyl (C=O) groups is 1. The van der Waals surface area contributed by atoms with Gasteiger partial charge in [0.05, 0.1) is 17.0 Å². The van der Waals surface area contributed by atoms with Crippen LogP contribution < -0.4 is 0 Å². The average Bonchev–Trinajstić information content (AvgIpc) is 3.05. The minimum atomic E-state index is 0.134. The van der Waals surface area contributed by atoms with Crippen molar-refractivity contribution in [1.29, 1.82) is 0 Å². The third-order valence-electron chi connectivity index (χ3n) is 5.85. The van der Waals surface area contributed by atoms with Crippen molar-refractivity contribution in [2.45, 2.75) is 32.6 Å². The number of fused-ring (bicyclic) bond motifs is 3. The number of hydrogen-bond acceptors (Lipinski definition) is 3. The predicted molar refractivity (Wildman–Crippen MR) is 115 cm³/mol. The number of aromatic nitrogens is 3. The van der Waals surface area contributed by atoms with Crippen LogP contribution in [0.3, 0.4) is 0 Å². The van der Waals surface area contributed by atoms with Gasteiger partial charge in [0.2, 0.25) is 0 Å². The number of nitrogens with zero attached hydrogens (tertiary/aromatic N) is 3. The van der Waals surface area contributed by atoms with Crippen LogP contribution in [0, 0.1) is 13.8 Å². The van der Waals surface area contributed by atoms with Crippen LogP contribution in [0.15, 0.2) is 54.7 Å². The SMILES string of the molecule is Cc1ccccc1[C@H]1CC(=O)c2cnc3c(-c4ccc(Cl)cc4)c(C)nn3c2C1. The minimum Gasteiger partial charge on any atom is -0.294 e. The zero-order valence-corrected chi connectivity index (χ0v) is 17.1. The van der Waals surface area contributed by atoms with Crippen molar-refractivity contribution in [1.82, 2.24) is 14.6 Å². The molecule has 0 unspecified atom stereocenters. The van der Waals surface area contributed by atoms with Gasteiger partial charge in [0, 0.05) is 23.2 Å². The molecule has 0 saturated heterocycles. The van der Waals surface area contributed by atoms with Crippen LogP contribution in [0.1, 0.15) is 45.2 Å². The number of ketones is 1. The zero-order chi connectivity index (χ0) is 20.1. The van der Waals surface area contributed by atoms with E-state index < -0.39 is 0 Å². The van der Waals surface area contributed by atoms with Gasteiger partial charge in [0.1, 0.15) is 0 Å². The summed E-state index contributed by atoms with van der Waals surface area (Å²) in [6.45, 7) is 4.09. The molecule has 0 spiro atoms. The fourth-order valence-corrected chi connectivity index (χ4v) is 4.55. The van der Waals surface area contributed by atoms with Gasteiger partial charge in [-0.05, 0) is 55.0 Å². The van der Waals surface area contributed by atoms with Gasteiger partial charge in [-0.3, -0.25) is 4.79 Å². The van der Waals surface area contributed by atoms with E-state index >= 15 is 0 Å². The van der Waals surface area contributed by atoms with Crippen LogP contribution in [-0.2, 0) is 6.42 Å². The summed E-state index contributed by atoms with van der Waals surface area (Å²) >= 11 is 6.06. The van der Waals surface area contributed by atoms with Gasteiger partial charge in [-0.25, -0.2) is 9.50 Å². The monoisotopic (exact) mass is 401 g/mol. The lowest BCUT2D eigenvalue weighted by Crippen LogP contribution is -2.23. The Bertz CT molecular complexity index is 1260. The first-order chi connectivity index (χ1) is 14.0. The van der Waals surface area contributed by atoms with Gasteiger partial charge < -0.3 is 0 Å². The maximum Gasteiger partial charge on any atom is 0.166 e. The summed E-state index contributed by atoms with van der Waals surface area (Å²) in [6, 6.07) is 16.0. The van der Waals surface area contributed by atoms with Crippen LogP contribution in [-0.4, -0.2) is 20.4 Å². The molecule has 0 saturated carbocycles. The smallest absolute Gasteiger partial charge is 0.166 e. The van der Waals surface area contributed by atoms with Gasteiger partial charge in [0.25, 0.3) is 0 Å². The first-order valence-corrected chi connectivity index (χ1v) is 10.1. The Hall–Kier alpha value is -2.98. The maximum absolute atomic E-state index is 12.9. The Morgan fingerprint density at radius 2 is 1.79 bits per heavy atom. The Morgan fingerprint density at radius 1 is 1.03 bits per heavy atom. The van der Waals surface area contributed by atoms with E-state index in [4.69, 9.17) is 16.7 Å². The molecule has 0 fully saturated rings. The molecule has 144 valence electrons. The standard InChI is InChI=1S/C24H20ClN3O/c1-14-5-3-4-6-19(14)17-11-21-20(22(29)12-17)13-26-24-23(15(2)27-28(21)24)16-7-9-18(25)10-8-16/h3-10,13,17H,11-12H2,1-2H3/t17-/m1/s1. The maximum atomic E-state index is 12.9. The van der Waals surface area contributed by atoms with Crippen LogP contribution in [0.4, 0.5) is 0 Å². The molecular weight excluding hydrogens is 382 g/mol. The summed E-state index contributed by atoms with van der Waals surface area (Å²) < 4.78 is 1.87. The third kappa shape index (κ3) is 2.95. The van der Waals surface area contributed by atoms with Gasteiger partial charge in [-0.15, -0.1) is 0 Å². The third-order valence-corrected chi connectivity index (χ3v) is 6.10. The normalized spacial score (nSPS) is 16.2. The van der Waals surface area contributed by atoms with E-state index in [2.05, 4.69) is 24.0 Å². The summed E-state index contributed by atoms with van der Waals surface area (Å²) in [5.41, 5.74) is 7.76. The Balaban J connectivity index is 1.67. The van der Waals surface area contributed by atoms with Crippen molar-refractivity contribution in [2.75, 3.05) is 0 Å².